The Morgan fingerprint density at radius 3 is 2.73 bits per heavy atom. The molecular formula is C23H25N5O2. The zero-order valence-corrected chi connectivity index (χ0v) is 17.1. The second-order valence-corrected chi connectivity index (χ2v) is 7.11. The van der Waals surface area contributed by atoms with Crippen molar-refractivity contribution in [2.45, 2.75) is 32.9 Å². The highest BCUT2D eigenvalue weighted by Gasteiger charge is 2.26. The number of hydrogen-bond donors (Lipinski definition) is 3. The van der Waals surface area contributed by atoms with Crippen LogP contribution in [0.3, 0.4) is 0 Å². The highest BCUT2D eigenvalue weighted by Crippen LogP contribution is 2.19. The van der Waals surface area contributed by atoms with E-state index in [1.54, 1.807) is 6.92 Å². The minimum Gasteiger partial charge on any atom is -0.361 e. The fourth-order valence-corrected chi connectivity index (χ4v) is 3.40. The van der Waals surface area contributed by atoms with Crippen LogP contribution in [0.15, 0.2) is 54.7 Å². The molecule has 0 saturated heterocycles. The summed E-state index contributed by atoms with van der Waals surface area (Å²) >= 11 is 0. The molecule has 0 saturated carbocycles. The van der Waals surface area contributed by atoms with Crippen LogP contribution in [0.25, 0.3) is 10.9 Å². The molecule has 3 amide bonds. The van der Waals surface area contributed by atoms with E-state index in [0.29, 0.717) is 6.54 Å². The summed E-state index contributed by atoms with van der Waals surface area (Å²) in [6.07, 6.45) is 4.00. The van der Waals surface area contributed by atoms with Crippen LogP contribution in [0.1, 0.15) is 23.6 Å². The van der Waals surface area contributed by atoms with E-state index >= 15 is 0 Å². The maximum absolute atomic E-state index is 12.9. The summed E-state index contributed by atoms with van der Waals surface area (Å²) in [5, 5.41) is 15.8. The molecule has 2 aromatic carbocycles. The zero-order valence-electron chi connectivity index (χ0n) is 17.1. The number of carbonyl (C=O) groups is 2. The maximum atomic E-state index is 12.9. The van der Waals surface area contributed by atoms with Crippen molar-refractivity contribution in [2.75, 3.05) is 6.54 Å². The average Bonchev–Trinajstić information content (AvgIpc) is 3.15. The van der Waals surface area contributed by atoms with E-state index in [1.165, 1.54) is 0 Å². The van der Waals surface area contributed by atoms with E-state index in [2.05, 4.69) is 15.6 Å². The first kappa shape index (κ1) is 20.9. The fourth-order valence-electron chi connectivity index (χ4n) is 3.40. The van der Waals surface area contributed by atoms with Gasteiger partial charge in [0.25, 0.3) is 5.91 Å². The predicted molar refractivity (Wildman–Crippen MR) is 115 cm³/mol. The molecule has 0 bridgehead atoms. The molecular weight excluding hydrogens is 378 g/mol. The highest BCUT2D eigenvalue weighted by atomic mass is 16.2. The van der Waals surface area contributed by atoms with Crippen molar-refractivity contribution in [3.8, 4) is 6.19 Å². The van der Waals surface area contributed by atoms with E-state index in [4.69, 9.17) is 0 Å². The standard InChI is InChI=1S/C23H25N5O2/c1-3-28(15-24)22(29)21(12-18-14-25-20-10-5-4-9-19(18)20)27-23(30)26-13-17-8-6-7-16(2)11-17/h4-11,14,21,25H,3,12-13H2,1-2H3,(H2,26,27,30). The van der Waals surface area contributed by atoms with Gasteiger partial charge in [0, 0.05) is 36.6 Å². The van der Waals surface area contributed by atoms with Crippen LogP contribution >= 0.6 is 0 Å². The summed E-state index contributed by atoms with van der Waals surface area (Å²) in [5.74, 6) is -0.434. The molecule has 0 aliphatic heterocycles. The van der Waals surface area contributed by atoms with Gasteiger partial charge < -0.3 is 15.6 Å². The number of fused-ring (bicyclic) bond motifs is 1. The SMILES string of the molecule is CCN(C#N)C(=O)C(Cc1c[nH]c2ccccc12)NC(=O)NCc1cccc(C)c1. The number of nitrogens with zero attached hydrogens (tertiary/aromatic N) is 2. The first-order valence-electron chi connectivity index (χ1n) is 9.87. The average molecular weight is 403 g/mol. The van der Waals surface area contributed by atoms with Gasteiger partial charge in [0.1, 0.15) is 6.04 Å². The van der Waals surface area contributed by atoms with E-state index in [0.717, 1.165) is 32.5 Å². The smallest absolute Gasteiger partial charge is 0.315 e. The Hall–Kier alpha value is -3.79. The molecule has 3 N–H and O–H groups in total. The van der Waals surface area contributed by atoms with Gasteiger partial charge in [-0.2, -0.15) is 5.26 Å². The molecule has 3 rings (SSSR count). The molecule has 1 aromatic heterocycles. The normalized spacial score (nSPS) is 11.5. The molecule has 7 nitrogen and oxygen atoms in total. The van der Waals surface area contributed by atoms with Crippen molar-refractivity contribution < 1.29 is 9.59 Å². The van der Waals surface area contributed by atoms with Crippen LogP contribution in [-0.4, -0.2) is 34.4 Å². The number of carbonyl (C=O) groups excluding carboxylic acids is 2. The molecule has 30 heavy (non-hydrogen) atoms. The first-order valence-corrected chi connectivity index (χ1v) is 9.87. The van der Waals surface area contributed by atoms with Gasteiger partial charge >= 0.3 is 6.03 Å². The van der Waals surface area contributed by atoms with E-state index < -0.39 is 18.0 Å². The first-order chi connectivity index (χ1) is 14.5. The molecule has 0 fully saturated rings. The number of aromatic amines is 1. The second kappa shape index (κ2) is 9.61. The number of hydrogen-bond acceptors (Lipinski definition) is 3. The number of urea groups is 1. The zero-order chi connectivity index (χ0) is 21.5. The van der Waals surface area contributed by atoms with Gasteiger partial charge in [-0.25, -0.2) is 9.69 Å². The Labute approximate surface area is 175 Å². The minimum atomic E-state index is -0.860. The Kier molecular flexibility index (Phi) is 6.71. The van der Waals surface area contributed by atoms with Crippen LogP contribution in [0.5, 0.6) is 0 Å². The van der Waals surface area contributed by atoms with Crippen molar-refractivity contribution in [1.29, 1.82) is 5.26 Å². The van der Waals surface area contributed by atoms with Gasteiger partial charge in [0.05, 0.1) is 0 Å². The van der Waals surface area contributed by atoms with Crippen molar-refractivity contribution >= 4 is 22.8 Å². The second-order valence-electron chi connectivity index (χ2n) is 7.11. The van der Waals surface area contributed by atoms with Gasteiger partial charge in [-0.1, -0.05) is 48.0 Å². The summed E-state index contributed by atoms with van der Waals surface area (Å²) in [6.45, 7) is 4.30. The van der Waals surface area contributed by atoms with Crippen LogP contribution in [0, 0.1) is 18.4 Å². The summed E-state index contributed by atoms with van der Waals surface area (Å²) < 4.78 is 0. The van der Waals surface area contributed by atoms with Gasteiger partial charge in [-0.05, 0) is 31.0 Å². The van der Waals surface area contributed by atoms with Crippen LogP contribution < -0.4 is 10.6 Å². The van der Waals surface area contributed by atoms with E-state index in [9.17, 15) is 14.9 Å². The number of para-hydroxylation sites is 1. The van der Waals surface area contributed by atoms with Crippen LogP contribution in [0.2, 0.25) is 0 Å². The molecule has 3 aromatic rings. The minimum absolute atomic E-state index is 0.242. The van der Waals surface area contributed by atoms with Crippen molar-refractivity contribution in [3.63, 3.8) is 0 Å². The molecule has 7 heteroatoms. The monoisotopic (exact) mass is 403 g/mol. The number of likely N-dealkylation sites (N-methyl/N-ethyl adjacent to an activating group) is 1. The molecule has 0 spiro atoms. The third-order valence-corrected chi connectivity index (χ3v) is 4.94. The lowest BCUT2D eigenvalue weighted by Crippen LogP contribution is -2.51. The maximum Gasteiger partial charge on any atom is 0.315 e. The lowest BCUT2D eigenvalue weighted by atomic mass is 10.0. The molecule has 0 aliphatic rings. The lowest BCUT2D eigenvalue weighted by molar-refractivity contribution is -0.129. The van der Waals surface area contributed by atoms with Crippen LogP contribution in [-0.2, 0) is 17.8 Å². The van der Waals surface area contributed by atoms with Crippen molar-refractivity contribution in [1.82, 2.24) is 20.5 Å². The number of nitriles is 1. The Bertz CT molecular complexity index is 1080. The van der Waals surface area contributed by atoms with Crippen molar-refractivity contribution in [2.24, 2.45) is 0 Å². The number of nitrogens with one attached hydrogen (secondary N) is 3. The predicted octanol–water partition coefficient (Wildman–Crippen LogP) is 3.22. The molecule has 0 radical (unpaired) electrons. The number of amides is 3. The van der Waals surface area contributed by atoms with Gasteiger partial charge in [0.2, 0.25) is 0 Å². The molecule has 1 atom stereocenters. The largest absolute Gasteiger partial charge is 0.361 e. The molecule has 154 valence electrons. The van der Waals surface area contributed by atoms with E-state index in [1.807, 2.05) is 67.8 Å². The topological polar surface area (TPSA) is 101 Å². The summed E-state index contributed by atoms with van der Waals surface area (Å²) in [6, 6.07) is 14.3. The van der Waals surface area contributed by atoms with Gasteiger partial charge in [0.15, 0.2) is 6.19 Å². The Morgan fingerprint density at radius 2 is 2.00 bits per heavy atom. The number of benzene rings is 2. The van der Waals surface area contributed by atoms with E-state index in [-0.39, 0.29) is 13.0 Å². The highest BCUT2D eigenvalue weighted by molar-refractivity contribution is 5.90. The number of aromatic nitrogens is 1. The Morgan fingerprint density at radius 1 is 1.20 bits per heavy atom. The number of H-pyrrole nitrogens is 1. The molecule has 1 unspecified atom stereocenters. The van der Waals surface area contributed by atoms with Crippen molar-refractivity contribution in [3.05, 3.63) is 71.4 Å². The summed E-state index contributed by atoms with van der Waals surface area (Å²) in [5.41, 5.74) is 3.93. The number of aryl methyl sites for hydroxylation is 1. The molecule has 0 aliphatic carbocycles. The third-order valence-electron chi connectivity index (χ3n) is 4.94. The Balaban J connectivity index is 1.74. The lowest BCUT2D eigenvalue weighted by Gasteiger charge is -2.22. The van der Waals surface area contributed by atoms with Gasteiger partial charge in [-0.3, -0.25) is 4.79 Å². The summed E-state index contributed by atoms with van der Waals surface area (Å²) in [7, 11) is 0. The fraction of sp³-hybridized carbons (Fsp3) is 0.261. The number of rotatable bonds is 7. The summed E-state index contributed by atoms with van der Waals surface area (Å²) in [4.78, 5) is 29.6. The quantitative estimate of drug-likeness (QED) is 0.417. The third kappa shape index (κ3) is 4.97. The molecule has 1 heterocycles. The van der Waals surface area contributed by atoms with Crippen LogP contribution in [0.4, 0.5) is 4.79 Å². The van der Waals surface area contributed by atoms with Gasteiger partial charge in [-0.15, -0.1) is 0 Å².